The number of rotatable bonds is 0. The van der Waals surface area contributed by atoms with Crippen molar-refractivity contribution in [3.05, 3.63) is 0 Å². The van der Waals surface area contributed by atoms with Gasteiger partial charge >= 0.3 is 61.8 Å². The first kappa shape index (κ1) is 54.4. The Bertz CT molecular complexity index is 103. The molecule has 12 heteroatoms. The van der Waals surface area contributed by atoms with Gasteiger partial charge in [0.25, 0.3) is 0 Å². The molecule has 0 unspecified atom stereocenters. The summed E-state index contributed by atoms with van der Waals surface area (Å²) >= 11 is 0. The fraction of sp³-hybridized carbons (Fsp3) is 0. The van der Waals surface area contributed by atoms with E-state index in [1.807, 2.05) is 0 Å². The van der Waals surface area contributed by atoms with Gasteiger partial charge < -0.3 is 0 Å². The molecule has 0 heterocycles. The first-order valence-corrected chi connectivity index (χ1v) is 2.10. The Kier molecular flexibility index (Phi) is 134. The van der Waals surface area contributed by atoms with Gasteiger partial charge in [0.05, 0.1) is 0 Å². The second-order valence-corrected chi connectivity index (χ2v) is 1.34. The monoisotopic (exact) mass is 318 g/mol. The van der Waals surface area contributed by atoms with Crippen LogP contribution in [0.1, 0.15) is 0 Å². The SMILES string of the molecule is O=S(=O)(O)O.[AlH3].[AlH3].[AlH3].[AlH3].[AlH3].[AlH3].[KH]. The average Bonchev–Trinajstić information content (AvgIpc) is 0.722. The molecule has 0 aromatic carbocycles. The van der Waals surface area contributed by atoms with E-state index in [9.17, 15) is 0 Å². The zero-order chi connectivity index (χ0) is 4.50. The molecule has 0 amide bonds. The molecule has 12 heavy (non-hydrogen) atoms. The van der Waals surface area contributed by atoms with E-state index in [4.69, 9.17) is 17.5 Å². The Labute approximate surface area is 179 Å². The van der Waals surface area contributed by atoms with Gasteiger partial charge in [-0.25, -0.2) is 0 Å². The summed E-state index contributed by atoms with van der Waals surface area (Å²) in [5.41, 5.74) is 0. The standard InChI is InChI=1S/6Al.K.H2O4S.19H/c;;;;;;;1-5(2,3)4;;;;;;;;;;;;;;;;;;;/h;;;;;;;(H2,1,2,3,4);;;;;;;;;;;;;;;;;;;. The molecular formula is H21Al6KO4S. The van der Waals surface area contributed by atoms with Crippen molar-refractivity contribution < 1.29 is 17.5 Å². The minimum atomic E-state index is -4.67. The normalized spacial score (nSPS) is 4.83. The maximum absolute atomic E-state index is 8.74. The van der Waals surface area contributed by atoms with Crippen molar-refractivity contribution >= 4 is 166 Å². The summed E-state index contributed by atoms with van der Waals surface area (Å²) in [6.07, 6.45) is 0. The van der Waals surface area contributed by atoms with Crippen LogP contribution in [0.15, 0.2) is 0 Å². The van der Waals surface area contributed by atoms with Crippen LogP contribution in [0.2, 0.25) is 0 Å². The van der Waals surface area contributed by atoms with Gasteiger partial charge in [0.1, 0.15) is 0 Å². The van der Waals surface area contributed by atoms with Gasteiger partial charge in [-0.15, -0.1) is 0 Å². The second-order valence-electron chi connectivity index (χ2n) is 0.448. The molecule has 4 nitrogen and oxygen atoms in total. The van der Waals surface area contributed by atoms with Crippen LogP contribution in [0.4, 0.5) is 0 Å². The third kappa shape index (κ3) is 125. The van der Waals surface area contributed by atoms with Crippen molar-refractivity contribution in [1.29, 1.82) is 0 Å². The van der Waals surface area contributed by atoms with Crippen molar-refractivity contribution in [2.24, 2.45) is 0 Å². The predicted octanol–water partition coefficient (Wildman–Crippen LogP) is -8.40. The molecule has 70 valence electrons. The molecular weight excluding hydrogens is 297 g/mol. The van der Waals surface area contributed by atoms with E-state index < -0.39 is 10.4 Å². The fourth-order valence-corrected chi connectivity index (χ4v) is 0. The molecule has 0 spiro atoms. The number of hydrogen-bond acceptors (Lipinski definition) is 2. The molecule has 0 aliphatic carbocycles. The number of hydrogen-bond donors (Lipinski definition) is 2. The van der Waals surface area contributed by atoms with Crippen molar-refractivity contribution in [3.63, 3.8) is 0 Å². The Hall–Kier alpha value is 4.70. The Morgan fingerprint density at radius 3 is 0.667 bits per heavy atom. The molecule has 0 aliphatic heterocycles. The third-order valence-electron chi connectivity index (χ3n) is 0. The molecule has 0 bridgehead atoms. The van der Waals surface area contributed by atoms with Gasteiger partial charge in [0, 0.05) is 0 Å². The molecule has 0 rings (SSSR count). The van der Waals surface area contributed by atoms with Crippen molar-refractivity contribution in [2.45, 2.75) is 0 Å². The summed E-state index contributed by atoms with van der Waals surface area (Å²) in [7, 11) is -4.67. The average molecular weight is 318 g/mol. The van der Waals surface area contributed by atoms with Gasteiger partial charge in [-0.05, 0) is 0 Å². The van der Waals surface area contributed by atoms with Crippen LogP contribution in [0.25, 0.3) is 0 Å². The Morgan fingerprint density at radius 2 is 0.667 bits per heavy atom. The van der Waals surface area contributed by atoms with Gasteiger partial charge in [-0.1, -0.05) is 0 Å². The summed E-state index contributed by atoms with van der Waals surface area (Å²) in [6, 6.07) is 0. The van der Waals surface area contributed by atoms with Crippen molar-refractivity contribution in [1.82, 2.24) is 0 Å². The van der Waals surface area contributed by atoms with E-state index in [0.717, 1.165) is 0 Å². The van der Waals surface area contributed by atoms with Crippen LogP contribution < -0.4 is 0 Å². The van der Waals surface area contributed by atoms with Crippen LogP contribution in [0, 0.1) is 0 Å². The van der Waals surface area contributed by atoms with Crippen LogP contribution >= 0.6 is 0 Å². The van der Waals surface area contributed by atoms with Gasteiger partial charge in [-0.2, -0.15) is 8.42 Å². The summed E-state index contributed by atoms with van der Waals surface area (Å²) < 4.78 is 31.6. The van der Waals surface area contributed by atoms with E-state index in [-0.39, 0.29) is 156 Å². The fourth-order valence-electron chi connectivity index (χ4n) is 0. The first-order valence-electron chi connectivity index (χ1n) is 0.698. The molecule has 0 aromatic rings. The van der Waals surface area contributed by atoms with Gasteiger partial charge in [0.15, 0.2) is 104 Å². The summed E-state index contributed by atoms with van der Waals surface area (Å²) in [5.74, 6) is 0. The molecule has 2 N–H and O–H groups in total. The zero-order valence-electron chi connectivity index (χ0n) is 2.12. The van der Waals surface area contributed by atoms with E-state index in [2.05, 4.69) is 0 Å². The summed E-state index contributed by atoms with van der Waals surface area (Å²) in [5, 5.41) is 0. The maximum atomic E-state index is 8.74. The second kappa shape index (κ2) is 29.6. The van der Waals surface area contributed by atoms with Crippen molar-refractivity contribution in [2.75, 3.05) is 0 Å². The van der Waals surface area contributed by atoms with Crippen LogP contribution in [-0.4, -0.2) is 173 Å². The third-order valence-corrected chi connectivity index (χ3v) is 0. The molecule has 0 saturated heterocycles. The zero-order valence-corrected chi connectivity index (χ0v) is 2.94. The van der Waals surface area contributed by atoms with E-state index in [1.165, 1.54) is 0 Å². The van der Waals surface area contributed by atoms with E-state index in [1.54, 1.807) is 0 Å². The van der Waals surface area contributed by atoms with Crippen LogP contribution in [0.3, 0.4) is 0 Å². The van der Waals surface area contributed by atoms with Gasteiger partial charge in [-0.3, -0.25) is 9.11 Å². The molecule has 0 fully saturated rings. The quantitative estimate of drug-likeness (QED) is 0.344. The molecule has 0 aliphatic rings. The first-order chi connectivity index (χ1) is 2.00. The predicted molar refractivity (Wildman–Crippen MR) is 81.0 cm³/mol. The summed E-state index contributed by atoms with van der Waals surface area (Å²) in [6.45, 7) is 0. The van der Waals surface area contributed by atoms with E-state index in [0.29, 0.717) is 0 Å². The van der Waals surface area contributed by atoms with E-state index >= 15 is 0 Å². The Morgan fingerprint density at radius 1 is 0.667 bits per heavy atom. The minimum absolute atomic E-state index is 0. The molecule has 0 radical (unpaired) electrons. The Balaban J connectivity index is -0.00000000381. The summed E-state index contributed by atoms with van der Waals surface area (Å²) in [4.78, 5) is 0. The molecule has 0 aromatic heterocycles. The van der Waals surface area contributed by atoms with Crippen LogP contribution in [-0.2, 0) is 10.4 Å². The molecule has 0 saturated carbocycles. The van der Waals surface area contributed by atoms with Crippen molar-refractivity contribution in [3.8, 4) is 0 Å². The van der Waals surface area contributed by atoms with Crippen LogP contribution in [0.5, 0.6) is 0 Å². The topological polar surface area (TPSA) is 74.6 Å². The molecule has 0 atom stereocenters. The van der Waals surface area contributed by atoms with Gasteiger partial charge in [0.2, 0.25) is 0 Å².